The van der Waals surface area contributed by atoms with Crippen LogP contribution in [0.4, 0.5) is 0 Å². The number of nitrogens with one attached hydrogen (secondary N) is 1. The van der Waals surface area contributed by atoms with E-state index in [1.807, 2.05) is 0 Å². The molecule has 19 heavy (non-hydrogen) atoms. The van der Waals surface area contributed by atoms with Crippen molar-refractivity contribution in [2.45, 2.75) is 39.3 Å². The molecule has 1 aliphatic heterocycles. The lowest BCUT2D eigenvalue weighted by atomic mass is 9.97. The fraction of sp³-hybridized carbons (Fsp3) is 0.714. The highest BCUT2D eigenvalue weighted by Crippen LogP contribution is 2.28. The summed E-state index contributed by atoms with van der Waals surface area (Å²) in [5, 5.41) is 3.43. The zero-order valence-corrected chi connectivity index (χ0v) is 14.8. The lowest BCUT2D eigenvalue weighted by Crippen LogP contribution is -2.39. The summed E-state index contributed by atoms with van der Waals surface area (Å²) in [5.41, 5.74) is 0. The molecule has 0 saturated carbocycles. The molecule has 108 valence electrons. The number of hydrogen-bond acceptors (Lipinski definition) is 3. The van der Waals surface area contributed by atoms with Gasteiger partial charge < -0.3 is 9.73 Å². The van der Waals surface area contributed by atoms with Crippen LogP contribution in [0.15, 0.2) is 19.6 Å². The van der Waals surface area contributed by atoms with Gasteiger partial charge in [0.15, 0.2) is 4.67 Å². The average molecular weight is 394 g/mol. The van der Waals surface area contributed by atoms with E-state index in [0.29, 0.717) is 6.04 Å². The molecule has 1 fully saturated rings. The van der Waals surface area contributed by atoms with Crippen molar-refractivity contribution in [3.05, 3.63) is 21.0 Å². The first kappa shape index (κ1) is 15.5. The minimum Gasteiger partial charge on any atom is -0.452 e. The van der Waals surface area contributed by atoms with Crippen molar-refractivity contribution >= 4 is 31.9 Å². The molecule has 1 N–H and O–H groups in total. The van der Waals surface area contributed by atoms with Crippen molar-refractivity contribution in [3.63, 3.8) is 0 Å². The molecule has 0 unspecified atom stereocenters. The molecule has 3 nitrogen and oxygen atoms in total. The van der Waals surface area contributed by atoms with E-state index in [4.69, 9.17) is 4.42 Å². The highest BCUT2D eigenvalue weighted by Gasteiger charge is 2.20. The van der Waals surface area contributed by atoms with Crippen molar-refractivity contribution in [1.29, 1.82) is 0 Å². The van der Waals surface area contributed by atoms with E-state index in [1.54, 1.807) is 0 Å². The van der Waals surface area contributed by atoms with E-state index in [1.165, 1.54) is 12.8 Å². The SMILES string of the molecule is CC(C)N(Cc1cc(Br)c(Br)o1)CC1CCNCC1. The number of rotatable bonds is 5. The Morgan fingerprint density at radius 3 is 2.58 bits per heavy atom. The van der Waals surface area contributed by atoms with Gasteiger partial charge in [0.25, 0.3) is 0 Å². The van der Waals surface area contributed by atoms with E-state index in [2.05, 4.69) is 62.0 Å². The highest BCUT2D eigenvalue weighted by atomic mass is 79.9. The van der Waals surface area contributed by atoms with Crippen LogP contribution in [0.3, 0.4) is 0 Å². The predicted molar refractivity (Wildman–Crippen MR) is 85.2 cm³/mol. The molecule has 1 saturated heterocycles. The van der Waals surface area contributed by atoms with Gasteiger partial charge >= 0.3 is 0 Å². The quantitative estimate of drug-likeness (QED) is 0.818. The molecule has 2 rings (SSSR count). The monoisotopic (exact) mass is 392 g/mol. The van der Waals surface area contributed by atoms with Crippen LogP contribution >= 0.6 is 31.9 Å². The van der Waals surface area contributed by atoms with E-state index in [9.17, 15) is 0 Å². The van der Waals surface area contributed by atoms with Crippen LogP contribution in [-0.4, -0.2) is 30.6 Å². The highest BCUT2D eigenvalue weighted by molar-refractivity contribution is 9.13. The molecular formula is C14H22Br2N2O. The molecule has 1 aliphatic rings. The summed E-state index contributed by atoms with van der Waals surface area (Å²) < 4.78 is 7.48. The second-order valence-corrected chi connectivity index (χ2v) is 7.13. The first-order valence-electron chi connectivity index (χ1n) is 6.94. The molecule has 0 radical (unpaired) electrons. The standard InChI is InChI=1S/C14H22Br2N2O/c1-10(2)18(8-11-3-5-17-6-4-11)9-12-7-13(15)14(16)19-12/h7,10-11,17H,3-6,8-9H2,1-2H3. The fourth-order valence-electron chi connectivity index (χ4n) is 2.52. The summed E-state index contributed by atoms with van der Waals surface area (Å²) in [6, 6.07) is 2.60. The maximum atomic E-state index is 5.70. The second-order valence-electron chi connectivity index (χ2n) is 5.55. The number of piperidine rings is 1. The lowest BCUT2D eigenvalue weighted by molar-refractivity contribution is 0.150. The van der Waals surface area contributed by atoms with Crippen LogP contribution in [0.25, 0.3) is 0 Å². The maximum absolute atomic E-state index is 5.70. The third-order valence-corrected chi connectivity index (χ3v) is 5.45. The van der Waals surface area contributed by atoms with Crippen molar-refractivity contribution in [2.24, 2.45) is 5.92 Å². The van der Waals surface area contributed by atoms with Crippen molar-refractivity contribution in [2.75, 3.05) is 19.6 Å². The van der Waals surface area contributed by atoms with Gasteiger partial charge in [-0.05, 0) is 83.6 Å². The molecule has 5 heteroatoms. The van der Waals surface area contributed by atoms with Crippen LogP contribution in [0.2, 0.25) is 0 Å². The number of nitrogens with zero attached hydrogens (tertiary/aromatic N) is 1. The van der Waals surface area contributed by atoms with Gasteiger partial charge in [0.2, 0.25) is 0 Å². The molecule has 0 atom stereocenters. The number of hydrogen-bond donors (Lipinski definition) is 1. The van der Waals surface area contributed by atoms with Gasteiger partial charge in [0, 0.05) is 12.6 Å². The number of furan rings is 1. The molecule has 1 aromatic rings. The first-order chi connectivity index (χ1) is 9.06. The summed E-state index contributed by atoms with van der Waals surface area (Å²) in [6.45, 7) is 8.88. The Bertz CT molecular complexity index is 381. The van der Waals surface area contributed by atoms with Gasteiger partial charge in [-0.25, -0.2) is 0 Å². The largest absolute Gasteiger partial charge is 0.452 e. The Morgan fingerprint density at radius 2 is 2.05 bits per heavy atom. The second kappa shape index (κ2) is 7.25. The zero-order chi connectivity index (χ0) is 13.8. The molecule has 0 aliphatic carbocycles. The van der Waals surface area contributed by atoms with Gasteiger partial charge in [0.05, 0.1) is 11.0 Å². The Morgan fingerprint density at radius 1 is 1.37 bits per heavy atom. The summed E-state index contributed by atoms with van der Waals surface area (Å²) in [4.78, 5) is 2.51. The normalized spacial score (nSPS) is 17.6. The third-order valence-electron chi connectivity index (χ3n) is 3.74. The Hall–Kier alpha value is 0.160. The lowest BCUT2D eigenvalue weighted by Gasteiger charge is -2.32. The van der Waals surface area contributed by atoms with Crippen LogP contribution in [0.1, 0.15) is 32.4 Å². The predicted octanol–water partition coefficient (Wildman–Crippen LogP) is 4.01. The van der Waals surface area contributed by atoms with Crippen LogP contribution in [0, 0.1) is 5.92 Å². The molecule has 1 aromatic heterocycles. The van der Waals surface area contributed by atoms with Gasteiger partial charge in [-0.2, -0.15) is 0 Å². The van der Waals surface area contributed by atoms with Gasteiger partial charge in [-0.3, -0.25) is 4.90 Å². The summed E-state index contributed by atoms with van der Waals surface area (Å²) in [6.07, 6.45) is 2.57. The first-order valence-corrected chi connectivity index (χ1v) is 8.53. The molecule has 0 spiro atoms. The smallest absolute Gasteiger partial charge is 0.183 e. The third kappa shape index (κ3) is 4.59. The molecule has 0 bridgehead atoms. The van der Waals surface area contributed by atoms with Crippen molar-refractivity contribution in [1.82, 2.24) is 10.2 Å². The molecule has 0 aromatic carbocycles. The van der Waals surface area contributed by atoms with Gasteiger partial charge in [-0.1, -0.05) is 0 Å². The topological polar surface area (TPSA) is 28.4 Å². The average Bonchev–Trinajstić information content (AvgIpc) is 2.69. The summed E-state index contributed by atoms with van der Waals surface area (Å²) >= 11 is 6.88. The Balaban J connectivity index is 1.95. The van der Waals surface area contributed by atoms with E-state index >= 15 is 0 Å². The number of halogens is 2. The van der Waals surface area contributed by atoms with E-state index < -0.39 is 0 Å². The zero-order valence-electron chi connectivity index (χ0n) is 11.6. The van der Waals surface area contributed by atoms with Crippen molar-refractivity contribution < 1.29 is 4.42 Å². The van der Waals surface area contributed by atoms with Crippen LogP contribution < -0.4 is 5.32 Å². The molecular weight excluding hydrogens is 372 g/mol. The minimum absolute atomic E-state index is 0.539. The summed E-state index contributed by atoms with van der Waals surface area (Å²) in [5.74, 6) is 1.83. The van der Waals surface area contributed by atoms with E-state index in [-0.39, 0.29) is 0 Å². The van der Waals surface area contributed by atoms with Gasteiger partial charge in [-0.15, -0.1) is 0 Å². The summed E-state index contributed by atoms with van der Waals surface area (Å²) in [7, 11) is 0. The van der Waals surface area contributed by atoms with Crippen LogP contribution in [0.5, 0.6) is 0 Å². The van der Waals surface area contributed by atoms with Gasteiger partial charge in [0.1, 0.15) is 5.76 Å². The minimum atomic E-state index is 0.539. The Kier molecular flexibility index (Phi) is 5.93. The fourth-order valence-corrected chi connectivity index (χ4v) is 3.18. The Labute approximate surface area is 132 Å². The maximum Gasteiger partial charge on any atom is 0.183 e. The molecule has 0 amide bonds. The van der Waals surface area contributed by atoms with Crippen molar-refractivity contribution in [3.8, 4) is 0 Å². The molecule has 2 heterocycles. The van der Waals surface area contributed by atoms with E-state index in [0.717, 1.165) is 47.0 Å². The van der Waals surface area contributed by atoms with Crippen LogP contribution in [-0.2, 0) is 6.54 Å².